The topological polar surface area (TPSA) is 89.4 Å². The van der Waals surface area contributed by atoms with Crippen LogP contribution in [-0.2, 0) is 0 Å². The second kappa shape index (κ2) is 8.34. The van der Waals surface area contributed by atoms with Crippen molar-refractivity contribution in [3.63, 3.8) is 0 Å². The molecule has 0 saturated heterocycles. The first kappa shape index (κ1) is 19.6. The van der Waals surface area contributed by atoms with Crippen LogP contribution in [0, 0.1) is 0 Å². The Morgan fingerprint density at radius 1 is 1.24 bits per heavy atom. The first-order valence-electron chi connectivity index (χ1n) is 9.16. The summed E-state index contributed by atoms with van der Waals surface area (Å²) in [6.45, 7) is 4.25. The van der Waals surface area contributed by atoms with Crippen LogP contribution in [0.3, 0.4) is 0 Å². The molecule has 0 spiro atoms. The van der Waals surface area contributed by atoms with Gasteiger partial charge >= 0.3 is 0 Å². The number of ether oxygens (including phenoxy) is 2. The molecule has 1 aliphatic rings. The number of phenolic OH excluding ortho intramolecular Hbond substituents is 1. The van der Waals surface area contributed by atoms with E-state index in [1.165, 1.54) is 11.8 Å². The van der Waals surface area contributed by atoms with Gasteiger partial charge in [-0.25, -0.2) is 0 Å². The maximum Gasteiger partial charge on any atom is 0.247 e. The van der Waals surface area contributed by atoms with Crippen molar-refractivity contribution in [1.29, 1.82) is 0 Å². The van der Waals surface area contributed by atoms with Crippen LogP contribution in [0.5, 0.6) is 17.4 Å². The number of aromatic nitrogens is 3. The van der Waals surface area contributed by atoms with Crippen LogP contribution in [0.25, 0.3) is 11.3 Å². The highest BCUT2D eigenvalue weighted by molar-refractivity contribution is 7.99. The average Bonchev–Trinajstić information content (AvgIpc) is 2.88. The van der Waals surface area contributed by atoms with Crippen LogP contribution in [-0.4, -0.2) is 32.6 Å². The van der Waals surface area contributed by atoms with Gasteiger partial charge in [0.15, 0.2) is 23.4 Å². The highest BCUT2D eigenvalue weighted by atomic mass is 35.5. The van der Waals surface area contributed by atoms with Gasteiger partial charge in [0.2, 0.25) is 11.0 Å². The third-order valence-electron chi connectivity index (χ3n) is 4.26. The van der Waals surface area contributed by atoms with Gasteiger partial charge in [0, 0.05) is 16.8 Å². The lowest BCUT2D eigenvalue weighted by molar-refractivity contribution is 0.224. The molecule has 4 rings (SSSR count). The van der Waals surface area contributed by atoms with Crippen LogP contribution < -0.4 is 14.8 Å². The van der Waals surface area contributed by atoms with Crippen LogP contribution in [0.1, 0.15) is 25.6 Å². The third kappa shape index (κ3) is 3.90. The van der Waals surface area contributed by atoms with E-state index >= 15 is 0 Å². The Hall–Kier alpha value is -2.71. The predicted molar refractivity (Wildman–Crippen MR) is 113 cm³/mol. The highest BCUT2D eigenvalue weighted by Crippen LogP contribution is 2.42. The van der Waals surface area contributed by atoms with Crippen molar-refractivity contribution in [2.75, 3.05) is 17.7 Å². The molecule has 2 N–H and O–H groups in total. The number of nitrogens with one attached hydrogen (secondary N) is 1. The van der Waals surface area contributed by atoms with E-state index in [9.17, 15) is 5.11 Å². The largest absolute Gasteiger partial charge is 0.503 e. The molecule has 0 amide bonds. The Kier molecular flexibility index (Phi) is 5.64. The second-order valence-corrected chi connectivity index (χ2v) is 7.79. The number of rotatable bonds is 5. The van der Waals surface area contributed by atoms with Gasteiger partial charge in [0.1, 0.15) is 0 Å². The maximum absolute atomic E-state index is 10.2. The lowest BCUT2D eigenvalue weighted by Gasteiger charge is -2.20. The fourth-order valence-electron chi connectivity index (χ4n) is 3.00. The van der Waals surface area contributed by atoms with E-state index in [0.717, 1.165) is 17.0 Å². The summed E-state index contributed by atoms with van der Waals surface area (Å²) in [7, 11) is 0. The lowest BCUT2D eigenvalue weighted by atomic mass is 10.1. The minimum Gasteiger partial charge on any atom is -0.503 e. The number of hydrogen-bond donors (Lipinski definition) is 2. The minimum atomic E-state index is -0.620. The number of anilines is 1. The van der Waals surface area contributed by atoms with Crippen molar-refractivity contribution in [2.45, 2.75) is 25.2 Å². The van der Waals surface area contributed by atoms with Crippen molar-refractivity contribution in [3.8, 4) is 28.6 Å². The van der Waals surface area contributed by atoms with Crippen molar-refractivity contribution >= 4 is 29.1 Å². The quantitative estimate of drug-likeness (QED) is 0.552. The van der Waals surface area contributed by atoms with Crippen molar-refractivity contribution in [2.24, 2.45) is 0 Å². The molecule has 2 aromatic carbocycles. The fourth-order valence-corrected chi connectivity index (χ4v) is 3.72. The molecule has 0 bridgehead atoms. The minimum absolute atomic E-state index is 0.0997. The smallest absolute Gasteiger partial charge is 0.247 e. The molecule has 0 radical (unpaired) electrons. The zero-order valence-electron chi connectivity index (χ0n) is 15.8. The van der Waals surface area contributed by atoms with Gasteiger partial charge in [0.25, 0.3) is 0 Å². The molecular formula is C20H19ClN4O3S. The molecule has 1 aromatic heterocycles. The van der Waals surface area contributed by atoms with Gasteiger partial charge in [-0.15, -0.1) is 10.2 Å². The molecule has 0 unspecified atom stereocenters. The van der Waals surface area contributed by atoms with Crippen molar-refractivity contribution in [3.05, 3.63) is 47.0 Å². The van der Waals surface area contributed by atoms with E-state index in [4.69, 9.17) is 21.1 Å². The number of fused-ring (bicyclic) bond motifs is 3. The Balaban J connectivity index is 1.82. The van der Waals surface area contributed by atoms with Gasteiger partial charge in [0.05, 0.1) is 11.6 Å². The van der Waals surface area contributed by atoms with Gasteiger partial charge in [-0.2, -0.15) is 4.98 Å². The molecule has 0 aliphatic carbocycles. The Bertz CT molecular complexity index is 1050. The number of nitrogens with zero attached hydrogens (tertiary/aromatic N) is 3. The van der Waals surface area contributed by atoms with E-state index in [2.05, 4.69) is 20.5 Å². The van der Waals surface area contributed by atoms with Crippen LogP contribution in [0.2, 0.25) is 5.02 Å². The SMILES string of the molecule is CCOc1cc([C@H]2Nc3ccccc3-c3nnc(SCC)nc3O2)cc(Cl)c1O. The number of halogens is 1. The molecule has 150 valence electrons. The lowest BCUT2D eigenvalue weighted by Crippen LogP contribution is -2.17. The zero-order chi connectivity index (χ0) is 20.4. The number of para-hydroxylation sites is 1. The summed E-state index contributed by atoms with van der Waals surface area (Å²) >= 11 is 7.71. The van der Waals surface area contributed by atoms with E-state index in [0.29, 0.717) is 34.7 Å². The molecule has 0 fully saturated rings. The summed E-state index contributed by atoms with van der Waals surface area (Å²) in [6, 6.07) is 11.1. The summed E-state index contributed by atoms with van der Waals surface area (Å²) < 4.78 is 11.7. The number of aromatic hydroxyl groups is 1. The number of benzene rings is 2. The second-order valence-electron chi connectivity index (χ2n) is 6.15. The summed E-state index contributed by atoms with van der Waals surface area (Å²) in [5, 5.41) is 22.8. The van der Waals surface area contributed by atoms with Crippen LogP contribution in [0.15, 0.2) is 41.6 Å². The highest BCUT2D eigenvalue weighted by Gasteiger charge is 2.27. The normalized spacial score (nSPS) is 14.8. The van der Waals surface area contributed by atoms with E-state index in [1.807, 2.05) is 38.1 Å². The standard InChI is InChI=1S/C20H19ClN4O3S/c1-3-27-15-10-11(9-13(21)17(15)26)18-22-14-8-6-5-7-12(14)16-19(28-18)23-20(25-24-16)29-4-2/h5-10,18,22,26H,3-4H2,1-2H3/t18-/m0/s1. The predicted octanol–water partition coefficient (Wildman–Crippen LogP) is 4.91. The first-order chi connectivity index (χ1) is 14.1. The number of thioether (sulfide) groups is 1. The maximum atomic E-state index is 10.2. The van der Waals surface area contributed by atoms with Crippen molar-refractivity contribution in [1.82, 2.24) is 15.2 Å². The summed E-state index contributed by atoms with van der Waals surface area (Å²) in [5.41, 5.74) is 2.91. The molecule has 1 atom stereocenters. The molecule has 2 heterocycles. The zero-order valence-corrected chi connectivity index (χ0v) is 17.4. The molecular weight excluding hydrogens is 412 g/mol. The first-order valence-corrected chi connectivity index (χ1v) is 10.5. The van der Waals surface area contributed by atoms with Gasteiger partial charge < -0.3 is 19.9 Å². The molecule has 9 heteroatoms. The van der Waals surface area contributed by atoms with Gasteiger partial charge in [-0.05, 0) is 30.9 Å². The monoisotopic (exact) mass is 430 g/mol. The molecule has 0 saturated carbocycles. The van der Waals surface area contributed by atoms with E-state index in [-0.39, 0.29) is 10.8 Å². The van der Waals surface area contributed by atoms with Crippen molar-refractivity contribution < 1.29 is 14.6 Å². The van der Waals surface area contributed by atoms with E-state index in [1.54, 1.807) is 12.1 Å². The Labute approximate surface area is 177 Å². The summed E-state index contributed by atoms with van der Waals surface area (Å²) in [5.74, 6) is 1.39. The Morgan fingerprint density at radius 2 is 2.07 bits per heavy atom. The third-order valence-corrected chi connectivity index (χ3v) is 5.27. The average molecular weight is 431 g/mol. The fraction of sp³-hybridized carbons (Fsp3) is 0.250. The number of hydrogen-bond acceptors (Lipinski definition) is 8. The molecule has 1 aliphatic heterocycles. The molecule has 29 heavy (non-hydrogen) atoms. The molecule has 7 nitrogen and oxygen atoms in total. The Morgan fingerprint density at radius 3 is 2.86 bits per heavy atom. The van der Waals surface area contributed by atoms with E-state index < -0.39 is 6.23 Å². The van der Waals surface area contributed by atoms with Crippen LogP contribution >= 0.6 is 23.4 Å². The van der Waals surface area contributed by atoms with Gasteiger partial charge in [-0.1, -0.05) is 48.5 Å². The van der Waals surface area contributed by atoms with Crippen LogP contribution in [0.4, 0.5) is 5.69 Å². The summed E-state index contributed by atoms with van der Waals surface area (Å²) in [4.78, 5) is 4.55. The summed E-state index contributed by atoms with van der Waals surface area (Å²) in [6.07, 6.45) is -0.620. The molecule has 3 aromatic rings. The number of phenols is 1. The van der Waals surface area contributed by atoms with Gasteiger partial charge in [-0.3, -0.25) is 0 Å².